The number of nitrogens with one attached hydrogen (secondary N) is 1. The molecule has 0 spiro atoms. The van der Waals surface area contributed by atoms with Gasteiger partial charge < -0.3 is 10.2 Å². The fourth-order valence-electron chi connectivity index (χ4n) is 2.31. The number of halogens is 2. The van der Waals surface area contributed by atoms with E-state index in [1.165, 1.54) is 11.1 Å². The zero-order valence-electron chi connectivity index (χ0n) is 10.3. The molecule has 0 aromatic heterocycles. The van der Waals surface area contributed by atoms with Crippen LogP contribution < -0.4 is 5.32 Å². The first-order chi connectivity index (χ1) is 8.09. The van der Waals surface area contributed by atoms with Gasteiger partial charge in [0.25, 0.3) is 0 Å². The van der Waals surface area contributed by atoms with Crippen LogP contribution in [0.15, 0.2) is 12.1 Å². The Hall–Kier alpha value is -0.280. The lowest BCUT2D eigenvalue weighted by atomic mass is 10.1. The highest BCUT2D eigenvalue weighted by atomic mass is 35.5. The predicted octanol–water partition coefficient (Wildman–Crippen LogP) is 3.13. The van der Waals surface area contributed by atoms with E-state index in [0.717, 1.165) is 31.0 Å². The van der Waals surface area contributed by atoms with Crippen molar-refractivity contribution in [3.05, 3.63) is 33.3 Å². The van der Waals surface area contributed by atoms with Crippen LogP contribution in [0.3, 0.4) is 0 Å². The molecule has 0 fully saturated rings. The van der Waals surface area contributed by atoms with Crippen molar-refractivity contribution in [3.8, 4) is 0 Å². The van der Waals surface area contributed by atoms with Gasteiger partial charge in [0.05, 0.1) is 10.0 Å². The lowest BCUT2D eigenvalue weighted by Gasteiger charge is -2.16. The van der Waals surface area contributed by atoms with Crippen LogP contribution in [-0.2, 0) is 6.42 Å². The summed E-state index contributed by atoms with van der Waals surface area (Å²) in [5.41, 5.74) is 2.54. The van der Waals surface area contributed by atoms with Crippen molar-refractivity contribution in [3.63, 3.8) is 0 Å². The van der Waals surface area contributed by atoms with Gasteiger partial charge >= 0.3 is 0 Å². The largest absolute Gasteiger partial charge is 0.309 e. The minimum absolute atomic E-state index is 0.430. The number of hydrogen-bond donors (Lipinski definition) is 1. The monoisotopic (exact) mass is 272 g/mol. The van der Waals surface area contributed by atoms with Crippen molar-refractivity contribution < 1.29 is 0 Å². The molecule has 0 radical (unpaired) electrons. The van der Waals surface area contributed by atoms with Gasteiger partial charge in [-0.25, -0.2) is 0 Å². The number of rotatable bonds is 4. The third-order valence-electron chi connectivity index (χ3n) is 3.24. The van der Waals surface area contributed by atoms with Gasteiger partial charge in [0.1, 0.15) is 0 Å². The molecule has 94 valence electrons. The molecule has 0 saturated carbocycles. The zero-order valence-corrected chi connectivity index (χ0v) is 11.8. The normalized spacial score (nSPS) is 18.8. The van der Waals surface area contributed by atoms with E-state index in [9.17, 15) is 0 Å². The molecule has 2 rings (SSSR count). The van der Waals surface area contributed by atoms with Crippen LogP contribution >= 0.6 is 23.2 Å². The van der Waals surface area contributed by atoms with Crippen LogP contribution in [0, 0.1) is 0 Å². The lowest BCUT2D eigenvalue weighted by molar-refractivity contribution is 0.384. The fraction of sp³-hybridized carbons (Fsp3) is 0.538. The Balaban J connectivity index is 2.05. The van der Waals surface area contributed by atoms with Crippen LogP contribution in [-0.4, -0.2) is 32.1 Å². The number of fused-ring (bicyclic) bond motifs is 1. The van der Waals surface area contributed by atoms with Crippen LogP contribution in [0.5, 0.6) is 0 Å². The summed E-state index contributed by atoms with van der Waals surface area (Å²) in [6.45, 7) is 2.05. The van der Waals surface area contributed by atoms with Gasteiger partial charge in [-0.05, 0) is 44.1 Å². The van der Waals surface area contributed by atoms with Crippen LogP contribution in [0.4, 0.5) is 0 Å². The molecule has 1 aromatic rings. The Morgan fingerprint density at radius 2 is 2.12 bits per heavy atom. The Morgan fingerprint density at radius 3 is 2.82 bits per heavy atom. The molecular formula is C13H18Cl2N2. The van der Waals surface area contributed by atoms with E-state index in [2.05, 4.69) is 30.4 Å². The summed E-state index contributed by atoms with van der Waals surface area (Å²) in [6.07, 6.45) is 2.14. The highest BCUT2D eigenvalue weighted by Crippen LogP contribution is 2.38. The first kappa shape index (κ1) is 13.2. The van der Waals surface area contributed by atoms with E-state index in [1.807, 2.05) is 6.07 Å². The summed E-state index contributed by atoms with van der Waals surface area (Å²) in [5, 5.41) is 4.98. The average molecular weight is 273 g/mol. The molecule has 1 N–H and O–H groups in total. The molecule has 17 heavy (non-hydrogen) atoms. The third-order valence-corrected chi connectivity index (χ3v) is 4.08. The van der Waals surface area contributed by atoms with E-state index in [-0.39, 0.29) is 0 Å². The first-order valence-electron chi connectivity index (χ1n) is 5.94. The molecular weight excluding hydrogens is 255 g/mol. The second-order valence-corrected chi connectivity index (χ2v) is 5.56. The minimum atomic E-state index is 0.430. The number of hydrogen-bond acceptors (Lipinski definition) is 2. The highest BCUT2D eigenvalue weighted by Gasteiger charge is 2.24. The standard InChI is InChI=1S/C13H18Cl2N2/c1-17(2)8-7-16-12-6-4-10-9(12)3-5-11(14)13(10)15/h3,5,12,16H,4,6-8H2,1-2H3. The molecule has 1 aliphatic rings. The van der Waals surface area contributed by atoms with Gasteiger partial charge in [-0.2, -0.15) is 0 Å². The van der Waals surface area contributed by atoms with Gasteiger partial charge in [0.2, 0.25) is 0 Å². The fourth-order valence-corrected chi connectivity index (χ4v) is 2.75. The minimum Gasteiger partial charge on any atom is -0.309 e. The summed E-state index contributed by atoms with van der Waals surface area (Å²) in [4.78, 5) is 2.18. The van der Waals surface area contributed by atoms with E-state index in [4.69, 9.17) is 23.2 Å². The quantitative estimate of drug-likeness (QED) is 0.906. The summed E-state index contributed by atoms with van der Waals surface area (Å²) in [6, 6.07) is 4.43. The first-order valence-corrected chi connectivity index (χ1v) is 6.70. The van der Waals surface area contributed by atoms with Crippen molar-refractivity contribution in [2.45, 2.75) is 18.9 Å². The summed E-state index contributed by atoms with van der Waals surface area (Å²) in [5.74, 6) is 0. The van der Waals surface area contributed by atoms with E-state index < -0.39 is 0 Å². The molecule has 0 saturated heterocycles. The molecule has 4 heteroatoms. The predicted molar refractivity (Wildman–Crippen MR) is 74.1 cm³/mol. The highest BCUT2D eigenvalue weighted by molar-refractivity contribution is 6.42. The molecule has 0 bridgehead atoms. The molecule has 1 unspecified atom stereocenters. The molecule has 0 heterocycles. The second kappa shape index (κ2) is 5.57. The van der Waals surface area contributed by atoms with Crippen molar-refractivity contribution in [2.75, 3.05) is 27.2 Å². The van der Waals surface area contributed by atoms with E-state index in [1.54, 1.807) is 0 Å². The maximum atomic E-state index is 6.22. The number of nitrogens with zero attached hydrogens (tertiary/aromatic N) is 1. The maximum absolute atomic E-state index is 6.22. The summed E-state index contributed by atoms with van der Waals surface area (Å²) >= 11 is 12.2. The van der Waals surface area contributed by atoms with E-state index >= 15 is 0 Å². The van der Waals surface area contributed by atoms with Crippen LogP contribution in [0.25, 0.3) is 0 Å². The number of likely N-dealkylation sites (N-methyl/N-ethyl adjacent to an activating group) is 1. The zero-order chi connectivity index (χ0) is 12.4. The van der Waals surface area contributed by atoms with Gasteiger partial charge in [0, 0.05) is 19.1 Å². The van der Waals surface area contributed by atoms with Gasteiger partial charge in [-0.1, -0.05) is 29.3 Å². The van der Waals surface area contributed by atoms with Crippen LogP contribution in [0.1, 0.15) is 23.6 Å². The SMILES string of the molecule is CN(C)CCNC1CCc2c1ccc(Cl)c2Cl. The van der Waals surface area contributed by atoms with Crippen LogP contribution in [0.2, 0.25) is 10.0 Å². The maximum Gasteiger partial charge on any atom is 0.0627 e. The molecule has 1 aliphatic carbocycles. The second-order valence-electron chi connectivity index (χ2n) is 4.78. The van der Waals surface area contributed by atoms with E-state index in [0.29, 0.717) is 11.1 Å². The Bertz CT molecular complexity index is 405. The lowest BCUT2D eigenvalue weighted by Crippen LogP contribution is -2.28. The Labute approximate surface area is 113 Å². The smallest absolute Gasteiger partial charge is 0.0627 e. The number of benzene rings is 1. The molecule has 1 aromatic carbocycles. The van der Waals surface area contributed by atoms with Gasteiger partial charge in [0.15, 0.2) is 0 Å². The molecule has 0 amide bonds. The topological polar surface area (TPSA) is 15.3 Å². The Morgan fingerprint density at radius 1 is 1.35 bits per heavy atom. The third kappa shape index (κ3) is 2.94. The molecule has 0 aliphatic heterocycles. The summed E-state index contributed by atoms with van der Waals surface area (Å²) < 4.78 is 0. The molecule has 1 atom stereocenters. The van der Waals surface area contributed by atoms with Crippen molar-refractivity contribution in [2.24, 2.45) is 0 Å². The van der Waals surface area contributed by atoms with Crippen molar-refractivity contribution >= 4 is 23.2 Å². The van der Waals surface area contributed by atoms with Crippen molar-refractivity contribution in [1.29, 1.82) is 0 Å². The van der Waals surface area contributed by atoms with Gasteiger partial charge in [-0.15, -0.1) is 0 Å². The Kier molecular flexibility index (Phi) is 4.31. The average Bonchev–Trinajstić information content (AvgIpc) is 2.67. The summed E-state index contributed by atoms with van der Waals surface area (Å²) in [7, 11) is 4.17. The molecule has 2 nitrogen and oxygen atoms in total. The van der Waals surface area contributed by atoms with Gasteiger partial charge in [-0.3, -0.25) is 0 Å². The van der Waals surface area contributed by atoms with Crippen molar-refractivity contribution in [1.82, 2.24) is 10.2 Å².